The van der Waals surface area contributed by atoms with E-state index in [4.69, 9.17) is 4.74 Å². The van der Waals surface area contributed by atoms with Gasteiger partial charge in [-0.2, -0.15) is 5.10 Å². The number of aromatic nitrogens is 2. The monoisotopic (exact) mass is 375 g/mol. The van der Waals surface area contributed by atoms with E-state index in [9.17, 15) is 4.79 Å². The van der Waals surface area contributed by atoms with Crippen molar-refractivity contribution < 1.29 is 9.53 Å². The molecule has 0 unspecified atom stereocenters. The van der Waals surface area contributed by atoms with Crippen LogP contribution in [-0.2, 0) is 4.79 Å². The van der Waals surface area contributed by atoms with Gasteiger partial charge in [0.2, 0.25) is 5.91 Å². The van der Waals surface area contributed by atoms with E-state index in [1.807, 2.05) is 86.2 Å². The zero-order chi connectivity index (χ0) is 19.9. The molecule has 0 spiro atoms. The number of carbonyl (C=O) groups excluding carboxylic acids is 1. The Labute approximate surface area is 165 Å². The number of carbonyl (C=O) groups is 1. The first kappa shape index (κ1) is 19.4. The summed E-state index contributed by atoms with van der Waals surface area (Å²) in [6.07, 6.45) is 5.14. The standard InChI is InChI=1S/C23H25N3O2/c1-4-28-21-13-10-19(11-14-21)12-15-23(27)25-17(2)22-16-24-26(18(22)3)20-8-6-5-7-9-20/h5-17H,4H2,1-3H3,(H,25,27)/b15-12+/t17-/m1/s1. The summed E-state index contributed by atoms with van der Waals surface area (Å²) in [5.41, 5.74) is 3.95. The number of hydrogen-bond donors (Lipinski definition) is 1. The van der Waals surface area contributed by atoms with Crippen LogP contribution in [0, 0.1) is 6.92 Å². The van der Waals surface area contributed by atoms with E-state index in [1.165, 1.54) is 0 Å². The summed E-state index contributed by atoms with van der Waals surface area (Å²) >= 11 is 0. The van der Waals surface area contributed by atoms with Crippen LogP contribution in [0.15, 0.2) is 66.9 Å². The van der Waals surface area contributed by atoms with Gasteiger partial charge in [-0.1, -0.05) is 30.3 Å². The summed E-state index contributed by atoms with van der Waals surface area (Å²) in [5, 5.41) is 7.47. The van der Waals surface area contributed by atoms with Crippen LogP contribution in [0.25, 0.3) is 11.8 Å². The fourth-order valence-electron chi connectivity index (χ4n) is 3.03. The van der Waals surface area contributed by atoms with Crippen molar-refractivity contribution in [2.24, 2.45) is 0 Å². The second-order valence-corrected chi connectivity index (χ2v) is 6.50. The van der Waals surface area contributed by atoms with Crippen molar-refractivity contribution in [2.75, 3.05) is 6.61 Å². The highest BCUT2D eigenvalue weighted by molar-refractivity contribution is 5.92. The Balaban J connectivity index is 1.63. The van der Waals surface area contributed by atoms with Crippen LogP contribution in [0.2, 0.25) is 0 Å². The first-order chi connectivity index (χ1) is 13.6. The van der Waals surface area contributed by atoms with E-state index in [0.29, 0.717) is 6.61 Å². The van der Waals surface area contributed by atoms with E-state index in [0.717, 1.165) is 28.3 Å². The van der Waals surface area contributed by atoms with Crippen molar-refractivity contribution in [1.29, 1.82) is 0 Å². The SMILES string of the molecule is CCOc1ccc(/C=C/C(=O)N[C@H](C)c2cnn(-c3ccccc3)c2C)cc1. The maximum Gasteiger partial charge on any atom is 0.244 e. The topological polar surface area (TPSA) is 56.1 Å². The van der Waals surface area contributed by atoms with Gasteiger partial charge >= 0.3 is 0 Å². The Morgan fingerprint density at radius 1 is 1.18 bits per heavy atom. The number of nitrogens with zero attached hydrogens (tertiary/aromatic N) is 2. The normalized spacial score (nSPS) is 12.1. The average Bonchev–Trinajstić information content (AvgIpc) is 3.10. The van der Waals surface area contributed by atoms with Crippen LogP contribution in [0.5, 0.6) is 5.75 Å². The molecule has 1 N–H and O–H groups in total. The maximum absolute atomic E-state index is 12.3. The quantitative estimate of drug-likeness (QED) is 0.620. The molecular formula is C23H25N3O2. The molecule has 2 aromatic carbocycles. The second-order valence-electron chi connectivity index (χ2n) is 6.50. The minimum Gasteiger partial charge on any atom is -0.494 e. The number of ether oxygens (including phenoxy) is 1. The van der Waals surface area contributed by atoms with Crippen LogP contribution < -0.4 is 10.1 Å². The zero-order valence-electron chi connectivity index (χ0n) is 16.4. The molecular weight excluding hydrogens is 350 g/mol. The Kier molecular flexibility index (Phi) is 6.27. The van der Waals surface area contributed by atoms with Gasteiger partial charge in [-0.05, 0) is 56.7 Å². The molecule has 3 rings (SSSR count). The summed E-state index contributed by atoms with van der Waals surface area (Å²) in [5.74, 6) is 0.678. The van der Waals surface area contributed by atoms with Crippen molar-refractivity contribution >= 4 is 12.0 Å². The van der Waals surface area contributed by atoms with E-state index < -0.39 is 0 Å². The predicted molar refractivity (Wildman–Crippen MR) is 112 cm³/mol. The van der Waals surface area contributed by atoms with Gasteiger partial charge in [-0.3, -0.25) is 4.79 Å². The van der Waals surface area contributed by atoms with Gasteiger partial charge in [0.05, 0.1) is 24.5 Å². The van der Waals surface area contributed by atoms with Gasteiger partial charge in [-0.15, -0.1) is 0 Å². The predicted octanol–water partition coefficient (Wildman–Crippen LogP) is 4.47. The molecule has 0 aliphatic carbocycles. The number of benzene rings is 2. The van der Waals surface area contributed by atoms with Crippen molar-refractivity contribution in [3.05, 3.63) is 83.7 Å². The zero-order valence-corrected chi connectivity index (χ0v) is 16.4. The van der Waals surface area contributed by atoms with Gasteiger partial charge in [0.15, 0.2) is 0 Å². The highest BCUT2D eigenvalue weighted by Gasteiger charge is 2.15. The molecule has 0 radical (unpaired) electrons. The van der Waals surface area contributed by atoms with Crippen LogP contribution in [0.1, 0.15) is 36.7 Å². The second kappa shape index (κ2) is 9.04. The van der Waals surface area contributed by atoms with Crippen molar-refractivity contribution in [3.8, 4) is 11.4 Å². The fraction of sp³-hybridized carbons (Fsp3) is 0.217. The van der Waals surface area contributed by atoms with Gasteiger partial charge in [0.25, 0.3) is 0 Å². The molecule has 0 aliphatic rings. The molecule has 0 saturated carbocycles. The summed E-state index contributed by atoms with van der Waals surface area (Å²) < 4.78 is 7.30. The number of nitrogens with one attached hydrogen (secondary N) is 1. The molecule has 144 valence electrons. The van der Waals surface area contributed by atoms with Crippen molar-refractivity contribution in [1.82, 2.24) is 15.1 Å². The molecule has 1 aromatic heterocycles. The Morgan fingerprint density at radius 2 is 1.89 bits per heavy atom. The fourth-order valence-corrected chi connectivity index (χ4v) is 3.03. The van der Waals surface area contributed by atoms with Gasteiger partial charge in [-0.25, -0.2) is 4.68 Å². The lowest BCUT2D eigenvalue weighted by molar-refractivity contribution is -0.117. The van der Waals surface area contributed by atoms with Crippen LogP contribution in [0.3, 0.4) is 0 Å². The van der Waals surface area contributed by atoms with Crippen molar-refractivity contribution in [3.63, 3.8) is 0 Å². The first-order valence-electron chi connectivity index (χ1n) is 9.40. The number of rotatable bonds is 7. The Hall–Kier alpha value is -3.34. The summed E-state index contributed by atoms with van der Waals surface area (Å²) in [6, 6.07) is 17.4. The smallest absolute Gasteiger partial charge is 0.244 e. The summed E-state index contributed by atoms with van der Waals surface area (Å²) in [4.78, 5) is 12.3. The lowest BCUT2D eigenvalue weighted by Gasteiger charge is -2.13. The Bertz CT molecular complexity index is 944. The largest absolute Gasteiger partial charge is 0.494 e. The van der Waals surface area contributed by atoms with E-state index in [1.54, 1.807) is 12.2 Å². The third kappa shape index (κ3) is 4.68. The number of hydrogen-bond acceptors (Lipinski definition) is 3. The summed E-state index contributed by atoms with van der Waals surface area (Å²) in [7, 11) is 0. The average molecular weight is 375 g/mol. The maximum atomic E-state index is 12.3. The first-order valence-corrected chi connectivity index (χ1v) is 9.40. The molecule has 3 aromatic rings. The molecule has 0 fully saturated rings. The molecule has 28 heavy (non-hydrogen) atoms. The molecule has 5 nitrogen and oxygen atoms in total. The highest BCUT2D eigenvalue weighted by Crippen LogP contribution is 2.20. The number of amides is 1. The molecule has 1 atom stereocenters. The van der Waals surface area contributed by atoms with E-state index in [-0.39, 0.29) is 11.9 Å². The lowest BCUT2D eigenvalue weighted by Crippen LogP contribution is -2.25. The lowest BCUT2D eigenvalue weighted by atomic mass is 10.1. The molecule has 0 bridgehead atoms. The van der Waals surface area contributed by atoms with E-state index >= 15 is 0 Å². The summed E-state index contributed by atoms with van der Waals surface area (Å²) in [6.45, 7) is 6.55. The third-order valence-electron chi connectivity index (χ3n) is 4.49. The molecule has 0 saturated heterocycles. The highest BCUT2D eigenvalue weighted by atomic mass is 16.5. The number of para-hydroxylation sites is 1. The van der Waals surface area contributed by atoms with Crippen LogP contribution in [-0.4, -0.2) is 22.3 Å². The minimum atomic E-state index is -0.145. The van der Waals surface area contributed by atoms with Gasteiger partial charge in [0, 0.05) is 17.3 Å². The minimum absolute atomic E-state index is 0.144. The van der Waals surface area contributed by atoms with Gasteiger partial charge < -0.3 is 10.1 Å². The molecule has 5 heteroatoms. The van der Waals surface area contributed by atoms with E-state index in [2.05, 4.69) is 10.4 Å². The van der Waals surface area contributed by atoms with Crippen LogP contribution in [0.4, 0.5) is 0 Å². The Morgan fingerprint density at radius 3 is 2.57 bits per heavy atom. The van der Waals surface area contributed by atoms with Crippen LogP contribution >= 0.6 is 0 Å². The molecule has 1 amide bonds. The van der Waals surface area contributed by atoms with Gasteiger partial charge in [0.1, 0.15) is 5.75 Å². The van der Waals surface area contributed by atoms with Crippen molar-refractivity contribution in [2.45, 2.75) is 26.8 Å². The molecule has 1 heterocycles. The molecule has 0 aliphatic heterocycles. The third-order valence-corrected chi connectivity index (χ3v) is 4.49.